The normalized spacial score (nSPS) is 17.1. The van der Waals surface area contributed by atoms with Crippen molar-refractivity contribution in [3.8, 4) is 0 Å². The number of benzene rings is 1. The summed E-state index contributed by atoms with van der Waals surface area (Å²) in [6.07, 6.45) is 4.98. The lowest BCUT2D eigenvalue weighted by molar-refractivity contribution is 0.0644. The fourth-order valence-corrected chi connectivity index (χ4v) is 5.32. The largest absolute Gasteiger partial charge is 0.381 e. The van der Waals surface area contributed by atoms with Crippen molar-refractivity contribution in [3.63, 3.8) is 0 Å². The Morgan fingerprint density at radius 1 is 1.14 bits per heavy atom. The predicted octanol–water partition coefficient (Wildman–Crippen LogP) is 3.27. The van der Waals surface area contributed by atoms with Gasteiger partial charge in [0.25, 0.3) is 5.56 Å². The molecule has 36 heavy (non-hydrogen) atoms. The Labute approximate surface area is 212 Å². The van der Waals surface area contributed by atoms with Crippen LogP contribution in [0.25, 0.3) is 11.0 Å². The molecule has 0 aliphatic carbocycles. The molecule has 2 fully saturated rings. The molecule has 0 unspecified atom stereocenters. The summed E-state index contributed by atoms with van der Waals surface area (Å²) in [6, 6.07) is 8.71. The van der Waals surface area contributed by atoms with Crippen LogP contribution in [-0.4, -0.2) is 65.8 Å². The van der Waals surface area contributed by atoms with Crippen molar-refractivity contribution in [1.29, 1.82) is 0 Å². The van der Waals surface area contributed by atoms with Crippen molar-refractivity contribution >= 4 is 22.7 Å². The number of hydrogen-bond donors (Lipinski definition) is 1. The van der Waals surface area contributed by atoms with Gasteiger partial charge in [-0.2, -0.15) is 5.10 Å². The van der Waals surface area contributed by atoms with Gasteiger partial charge in [0.1, 0.15) is 5.52 Å². The SMILES string of the molecule is CCCc1nn(C)c2c(=O)[nH]c(N(CCC3CCOCC3)Cc3cccc(N4CCOCC4)c3)nc12. The van der Waals surface area contributed by atoms with Gasteiger partial charge in [-0.05, 0) is 49.3 Å². The standard InChI is InChI=1S/C27H38N6O3/c1-3-5-23-24-25(31(2)30-23)26(34)29-27(28-24)33(11-8-20-9-14-35-15-10-20)19-21-6-4-7-22(18-21)32-12-16-36-17-13-32/h4,6-7,18,20H,3,5,8-17,19H2,1-2H3,(H,28,29,34). The molecule has 2 aromatic heterocycles. The molecule has 2 aliphatic rings. The van der Waals surface area contributed by atoms with E-state index in [2.05, 4.69) is 51.1 Å². The van der Waals surface area contributed by atoms with E-state index in [9.17, 15) is 4.79 Å². The van der Waals surface area contributed by atoms with Crippen LogP contribution in [0.2, 0.25) is 0 Å². The number of aryl methyl sites for hydroxylation is 2. The Morgan fingerprint density at radius 2 is 1.92 bits per heavy atom. The van der Waals surface area contributed by atoms with Gasteiger partial charge in [-0.25, -0.2) is 4.98 Å². The van der Waals surface area contributed by atoms with E-state index in [1.807, 2.05) is 7.05 Å². The highest BCUT2D eigenvalue weighted by molar-refractivity contribution is 5.77. The first-order valence-electron chi connectivity index (χ1n) is 13.3. The third-order valence-corrected chi connectivity index (χ3v) is 7.34. The fourth-order valence-electron chi connectivity index (χ4n) is 5.32. The molecule has 0 atom stereocenters. The lowest BCUT2D eigenvalue weighted by atomic mass is 9.96. The van der Waals surface area contributed by atoms with Crippen molar-refractivity contribution in [3.05, 3.63) is 45.9 Å². The zero-order valence-electron chi connectivity index (χ0n) is 21.5. The van der Waals surface area contributed by atoms with Crippen molar-refractivity contribution in [2.45, 2.75) is 45.6 Å². The van der Waals surface area contributed by atoms with Gasteiger partial charge in [0.15, 0.2) is 5.52 Å². The number of fused-ring (bicyclic) bond motifs is 1. The van der Waals surface area contributed by atoms with Crippen LogP contribution in [0.5, 0.6) is 0 Å². The number of nitrogens with one attached hydrogen (secondary N) is 1. The third-order valence-electron chi connectivity index (χ3n) is 7.34. The highest BCUT2D eigenvalue weighted by Crippen LogP contribution is 2.24. The summed E-state index contributed by atoms with van der Waals surface area (Å²) in [6.45, 7) is 8.63. The number of hydrogen-bond acceptors (Lipinski definition) is 7. The monoisotopic (exact) mass is 494 g/mol. The molecular weight excluding hydrogens is 456 g/mol. The van der Waals surface area contributed by atoms with Crippen LogP contribution < -0.4 is 15.4 Å². The second kappa shape index (κ2) is 11.4. The van der Waals surface area contributed by atoms with Crippen molar-refractivity contribution in [2.24, 2.45) is 13.0 Å². The summed E-state index contributed by atoms with van der Waals surface area (Å²) in [5.41, 5.74) is 4.44. The molecule has 4 heterocycles. The summed E-state index contributed by atoms with van der Waals surface area (Å²) >= 11 is 0. The van der Waals surface area contributed by atoms with E-state index in [4.69, 9.17) is 14.5 Å². The Bertz CT molecular complexity index is 1210. The van der Waals surface area contributed by atoms with Gasteiger partial charge in [-0.15, -0.1) is 0 Å². The molecule has 0 bridgehead atoms. The first-order chi connectivity index (χ1) is 17.6. The molecule has 0 amide bonds. The van der Waals surface area contributed by atoms with Crippen molar-refractivity contribution in [2.75, 3.05) is 55.9 Å². The lowest BCUT2D eigenvalue weighted by Gasteiger charge is -2.30. The molecule has 9 heteroatoms. The molecule has 0 radical (unpaired) electrons. The number of ether oxygens (including phenoxy) is 2. The first-order valence-corrected chi connectivity index (χ1v) is 13.3. The van der Waals surface area contributed by atoms with Gasteiger partial charge in [0.05, 0.1) is 18.9 Å². The molecule has 1 aromatic carbocycles. The molecule has 5 rings (SSSR count). The maximum absolute atomic E-state index is 13.1. The molecule has 0 saturated carbocycles. The number of nitrogens with zero attached hydrogens (tertiary/aromatic N) is 5. The highest BCUT2D eigenvalue weighted by atomic mass is 16.5. The van der Waals surface area contributed by atoms with Crippen LogP contribution in [0.15, 0.2) is 29.1 Å². The van der Waals surface area contributed by atoms with E-state index >= 15 is 0 Å². The van der Waals surface area contributed by atoms with Crippen LogP contribution in [0.1, 0.15) is 43.9 Å². The zero-order valence-corrected chi connectivity index (χ0v) is 21.5. The Balaban J connectivity index is 1.45. The highest BCUT2D eigenvalue weighted by Gasteiger charge is 2.21. The van der Waals surface area contributed by atoms with Gasteiger partial charge in [-0.3, -0.25) is 14.5 Å². The lowest BCUT2D eigenvalue weighted by Crippen LogP contribution is -2.36. The van der Waals surface area contributed by atoms with Crippen molar-refractivity contribution in [1.82, 2.24) is 19.7 Å². The minimum atomic E-state index is -0.134. The summed E-state index contributed by atoms with van der Waals surface area (Å²) in [4.78, 5) is 25.8. The van der Waals surface area contributed by atoms with E-state index in [1.54, 1.807) is 4.68 Å². The van der Waals surface area contributed by atoms with Gasteiger partial charge >= 0.3 is 0 Å². The minimum Gasteiger partial charge on any atom is -0.381 e. The van der Waals surface area contributed by atoms with Crippen LogP contribution >= 0.6 is 0 Å². The molecule has 2 saturated heterocycles. The number of H-pyrrole nitrogens is 1. The number of anilines is 2. The Morgan fingerprint density at radius 3 is 2.69 bits per heavy atom. The Hall–Kier alpha value is -2.91. The Kier molecular flexibility index (Phi) is 7.87. The molecule has 0 spiro atoms. The van der Waals surface area contributed by atoms with E-state index < -0.39 is 0 Å². The second-order valence-corrected chi connectivity index (χ2v) is 9.94. The molecule has 2 aliphatic heterocycles. The second-order valence-electron chi connectivity index (χ2n) is 9.94. The summed E-state index contributed by atoms with van der Waals surface area (Å²) < 4.78 is 12.8. The number of rotatable bonds is 9. The van der Waals surface area contributed by atoms with Crippen LogP contribution in [0.4, 0.5) is 11.6 Å². The number of aromatic nitrogens is 4. The fraction of sp³-hybridized carbons (Fsp3) is 0.593. The zero-order chi connectivity index (χ0) is 24.9. The van der Waals surface area contributed by atoms with Crippen LogP contribution in [0.3, 0.4) is 0 Å². The predicted molar refractivity (Wildman–Crippen MR) is 142 cm³/mol. The number of aromatic amines is 1. The van der Waals surface area contributed by atoms with Crippen LogP contribution in [-0.2, 0) is 29.5 Å². The summed E-state index contributed by atoms with van der Waals surface area (Å²) in [5.74, 6) is 1.26. The quantitative estimate of drug-likeness (QED) is 0.488. The molecule has 9 nitrogen and oxygen atoms in total. The third kappa shape index (κ3) is 5.57. The average molecular weight is 495 g/mol. The van der Waals surface area contributed by atoms with Crippen molar-refractivity contribution < 1.29 is 9.47 Å². The topological polar surface area (TPSA) is 88.5 Å². The average Bonchev–Trinajstić information content (AvgIpc) is 3.23. The summed E-state index contributed by atoms with van der Waals surface area (Å²) in [7, 11) is 1.82. The maximum atomic E-state index is 13.1. The smallest absolute Gasteiger partial charge is 0.278 e. The van der Waals surface area contributed by atoms with Gasteiger partial charge < -0.3 is 19.3 Å². The maximum Gasteiger partial charge on any atom is 0.278 e. The number of morpholine rings is 1. The molecule has 1 N–H and O–H groups in total. The first kappa shape index (κ1) is 24.8. The molecule has 3 aromatic rings. The van der Waals surface area contributed by atoms with E-state index in [0.717, 1.165) is 89.4 Å². The summed E-state index contributed by atoms with van der Waals surface area (Å²) in [5, 5.41) is 4.59. The van der Waals surface area contributed by atoms with E-state index in [1.165, 1.54) is 11.3 Å². The van der Waals surface area contributed by atoms with E-state index in [-0.39, 0.29) is 5.56 Å². The van der Waals surface area contributed by atoms with Crippen LogP contribution in [0, 0.1) is 5.92 Å². The van der Waals surface area contributed by atoms with Gasteiger partial charge in [0, 0.05) is 52.1 Å². The molecule has 194 valence electrons. The minimum absolute atomic E-state index is 0.134. The van der Waals surface area contributed by atoms with Gasteiger partial charge in [-0.1, -0.05) is 25.5 Å². The van der Waals surface area contributed by atoms with Gasteiger partial charge in [0.2, 0.25) is 5.95 Å². The van der Waals surface area contributed by atoms with E-state index in [0.29, 0.717) is 23.9 Å². The molecular formula is C27H38N6O3.